The Hall–Kier alpha value is -3.27. The van der Waals surface area contributed by atoms with Gasteiger partial charge in [0.05, 0.1) is 7.11 Å². The van der Waals surface area contributed by atoms with Gasteiger partial charge in [-0.15, -0.1) is 0 Å². The molecule has 0 aliphatic carbocycles. The number of aromatic carboxylic acids is 1. The van der Waals surface area contributed by atoms with Crippen molar-refractivity contribution in [2.75, 3.05) is 7.11 Å². The molecule has 0 unspecified atom stereocenters. The molecule has 0 saturated heterocycles. The predicted molar refractivity (Wildman–Crippen MR) is 96.2 cm³/mol. The van der Waals surface area contributed by atoms with Gasteiger partial charge < -0.3 is 14.6 Å². The fourth-order valence-corrected chi connectivity index (χ4v) is 2.56. The zero-order valence-corrected chi connectivity index (χ0v) is 13.8. The van der Waals surface area contributed by atoms with Crippen LogP contribution in [0.4, 0.5) is 0 Å². The molecule has 126 valence electrons. The van der Waals surface area contributed by atoms with Crippen molar-refractivity contribution in [2.45, 2.75) is 6.61 Å². The number of rotatable bonds is 6. The van der Waals surface area contributed by atoms with Crippen LogP contribution in [-0.4, -0.2) is 18.2 Å². The van der Waals surface area contributed by atoms with Gasteiger partial charge in [-0.25, -0.2) is 4.79 Å². The van der Waals surface area contributed by atoms with Crippen LogP contribution in [0.5, 0.6) is 11.5 Å². The number of benzene rings is 3. The van der Waals surface area contributed by atoms with Gasteiger partial charge >= 0.3 is 5.97 Å². The second kappa shape index (κ2) is 7.53. The highest BCUT2D eigenvalue weighted by atomic mass is 16.5. The zero-order chi connectivity index (χ0) is 17.6. The summed E-state index contributed by atoms with van der Waals surface area (Å²) in [5.41, 5.74) is 2.90. The Morgan fingerprint density at radius 2 is 1.68 bits per heavy atom. The van der Waals surface area contributed by atoms with Crippen molar-refractivity contribution < 1.29 is 19.4 Å². The molecule has 4 nitrogen and oxygen atoms in total. The molecular weight excluding hydrogens is 316 g/mol. The van der Waals surface area contributed by atoms with E-state index in [1.54, 1.807) is 12.1 Å². The summed E-state index contributed by atoms with van der Waals surface area (Å²) in [6.07, 6.45) is 0. The van der Waals surface area contributed by atoms with E-state index in [-0.39, 0.29) is 5.56 Å². The van der Waals surface area contributed by atoms with Crippen LogP contribution < -0.4 is 9.47 Å². The third-order valence-corrected chi connectivity index (χ3v) is 3.85. The van der Waals surface area contributed by atoms with Crippen LogP contribution in [-0.2, 0) is 6.61 Å². The van der Waals surface area contributed by atoms with E-state index in [0.717, 1.165) is 22.4 Å². The minimum Gasteiger partial charge on any atom is -0.496 e. The van der Waals surface area contributed by atoms with E-state index in [1.165, 1.54) is 7.11 Å². The Labute approximate surface area is 146 Å². The van der Waals surface area contributed by atoms with Crippen LogP contribution in [0.15, 0.2) is 72.8 Å². The standard InChI is InChI=1S/C21H18O4/c1-24-20-11-10-17(13-19(20)21(22)23)16-8-5-9-18(12-16)25-14-15-6-3-2-4-7-15/h2-13H,14H2,1H3,(H,22,23). The van der Waals surface area contributed by atoms with Gasteiger partial charge in [-0.3, -0.25) is 0 Å². The van der Waals surface area contributed by atoms with E-state index in [0.29, 0.717) is 12.4 Å². The molecule has 0 heterocycles. The molecule has 0 spiro atoms. The lowest BCUT2D eigenvalue weighted by Gasteiger charge is -2.10. The predicted octanol–water partition coefficient (Wildman–Crippen LogP) is 4.64. The minimum absolute atomic E-state index is 0.135. The molecule has 3 aromatic rings. The van der Waals surface area contributed by atoms with Gasteiger partial charge in [0, 0.05) is 0 Å². The Balaban J connectivity index is 1.84. The van der Waals surface area contributed by atoms with Crippen LogP contribution >= 0.6 is 0 Å². The van der Waals surface area contributed by atoms with Crippen molar-refractivity contribution in [1.29, 1.82) is 0 Å². The van der Waals surface area contributed by atoms with Crippen LogP contribution in [0.2, 0.25) is 0 Å². The molecule has 0 radical (unpaired) electrons. The minimum atomic E-state index is -1.02. The Bertz CT molecular complexity index is 872. The molecule has 25 heavy (non-hydrogen) atoms. The van der Waals surface area contributed by atoms with Crippen molar-refractivity contribution in [1.82, 2.24) is 0 Å². The summed E-state index contributed by atoms with van der Waals surface area (Å²) >= 11 is 0. The number of carboxylic acid groups (broad SMARTS) is 1. The third-order valence-electron chi connectivity index (χ3n) is 3.85. The first-order valence-electron chi connectivity index (χ1n) is 7.86. The topological polar surface area (TPSA) is 55.8 Å². The third kappa shape index (κ3) is 3.98. The van der Waals surface area contributed by atoms with E-state index in [2.05, 4.69) is 0 Å². The van der Waals surface area contributed by atoms with Gasteiger partial charge in [0.15, 0.2) is 0 Å². The van der Waals surface area contributed by atoms with E-state index in [1.807, 2.05) is 60.7 Å². The summed E-state index contributed by atoms with van der Waals surface area (Å²) in [5, 5.41) is 9.33. The normalized spacial score (nSPS) is 10.3. The quantitative estimate of drug-likeness (QED) is 0.713. The van der Waals surface area contributed by atoms with Crippen molar-refractivity contribution in [2.24, 2.45) is 0 Å². The summed E-state index contributed by atoms with van der Waals surface area (Å²) < 4.78 is 10.9. The number of carbonyl (C=O) groups is 1. The largest absolute Gasteiger partial charge is 0.496 e. The highest BCUT2D eigenvalue weighted by Crippen LogP contribution is 2.29. The van der Waals surface area contributed by atoms with E-state index in [4.69, 9.17) is 9.47 Å². The van der Waals surface area contributed by atoms with Crippen molar-refractivity contribution in [3.63, 3.8) is 0 Å². The molecule has 3 rings (SSSR count). The molecule has 0 fully saturated rings. The zero-order valence-electron chi connectivity index (χ0n) is 13.8. The molecule has 0 aliphatic rings. The number of methoxy groups -OCH3 is 1. The molecule has 4 heteroatoms. The molecule has 0 aromatic heterocycles. The summed E-state index contributed by atoms with van der Waals surface area (Å²) in [6.45, 7) is 0.479. The Morgan fingerprint density at radius 1 is 0.920 bits per heavy atom. The number of hydrogen-bond donors (Lipinski definition) is 1. The monoisotopic (exact) mass is 334 g/mol. The Morgan fingerprint density at radius 3 is 2.40 bits per heavy atom. The average Bonchev–Trinajstić information content (AvgIpc) is 2.67. The van der Waals surface area contributed by atoms with Gasteiger partial charge in [0.25, 0.3) is 0 Å². The maximum atomic E-state index is 11.4. The van der Waals surface area contributed by atoms with Crippen LogP contribution in [0.1, 0.15) is 15.9 Å². The fraction of sp³-hybridized carbons (Fsp3) is 0.0952. The SMILES string of the molecule is COc1ccc(-c2cccc(OCc3ccccc3)c2)cc1C(=O)O. The smallest absolute Gasteiger partial charge is 0.339 e. The van der Waals surface area contributed by atoms with Crippen molar-refractivity contribution >= 4 is 5.97 Å². The van der Waals surface area contributed by atoms with Gasteiger partial charge in [-0.05, 0) is 41.0 Å². The van der Waals surface area contributed by atoms with E-state index >= 15 is 0 Å². The highest BCUT2D eigenvalue weighted by molar-refractivity contribution is 5.92. The Kier molecular flexibility index (Phi) is 5.00. The highest BCUT2D eigenvalue weighted by Gasteiger charge is 2.12. The summed E-state index contributed by atoms with van der Waals surface area (Å²) in [6, 6.07) is 22.6. The first-order valence-corrected chi connectivity index (χ1v) is 7.86. The van der Waals surface area contributed by atoms with Gasteiger partial charge in [0.2, 0.25) is 0 Å². The molecule has 0 amide bonds. The average molecular weight is 334 g/mol. The molecule has 0 saturated carbocycles. The number of hydrogen-bond acceptors (Lipinski definition) is 3. The van der Waals surface area contributed by atoms with Gasteiger partial charge in [0.1, 0.15) is 23.7 Å². The summed E-state index contributed by atoms with van der Waals surface area (Å²) in [4.78, 5) is 11.4. The lowest BCUT2D eigenvalue weighted by molar-refractivity contribution is 0.0693. The summed E-state index contributed by atoms with van der Waals surface area (Å²) in [5.74, 6) is 0.0527. The first-order chi connectivity index (χ1) is 12.2. The molecule has 0 bridgehead atoms. The second-order valence-corrected chi connectivity index (χ2v) is 5.52. The molecule has 3 aromatic carbocycles. The lowest BCUT2D eigenvalue weighted by Crippen LogP contribution is -2.00. The maximum absolute atomic E-state index is 11.4. The summed E-state index contributed by atoms with van der Waals surface area (Å²) in [7, 11) is 1.46. The number of ether oxygens (including phenoxy) is 2. The molecule has 1 N–H and O–H groups in total. The lowest BCUT2D eigenvalue weighted by atomic mass is 10.0. The first kappa shape index (κ1) is 16.6. The molecular formula is C21H18O4. The van der Waals surface area contributed by atoms with E-state index in [9.17, 15) is 9.90 Å². The van der Waals surface area contributed by atoms with Gasteiger partial charge in [-0.1, -0.05) is 48.5 Å². The van der Waals surface area contributed by atoms with E-state index < -0.39 is 5.97 Å². The second-order valence-electron chi connectivity index (χ2n) is 5.52. The van der Waals surface area contributed by atoms with Crippen molar-refractivity contribution in [3.05, 3.63) is 83.9 Å². The molecule has 0 aliphatic heterocycles. The molecule has 0 atom stereocenters. The fourth-order valence-electron chi connectivity index (χ4n) is 2.56. The van der Waals surface area contributed by atoms with Crippen LogP contribution in [0.25, 0.3) is 11.1 Å². The maximum Gasteiger partial charge on any atom is 0.339 e. The van der Waals surface area contributed by atoms with Crippen LogP contribution in [0.3, 0.4) is 0 Å². The van der Waals surface area contributed by atoms with Gasteiger partial charge in [-0.2, -0.15) is 0 Å². The van der Waals surface area contributed by atoms with Crippen molar-refractivity contribution in [3.8, 4) is 22.6 Å². The van der Waals surface area contributed by atoms with Crippen LogP contribution in [0, 0.1) is 0 Å². The number of carboxylic acids is 1.